The number of fused-ring (bicyclic) bond motifs is 1. The molecule has 1 N–H and O–H groups in total. The van der Waals surface area contributed by atoms with E-state index in [1.165, 1.54) is 5.56 Å². The number of hydrogen-bond donors (Lipinski definition) is 1. The van der Waals surface area contributed by atoms with Gasteiger partial charge in [0, 0.05) is 21.8 Å². The van der Waals surface area contributed by atoms with E-state index < -0.39 is 0 Å². The Morgan fingerprint density at radius 1 is 1.00 bits per heavy atom. The highest BCUT2D eigenvalue weighted by atomic mass is 35.5. The van der Waals surface area contributed by atoms with Crippen molar-refractivity contribution < 1.29 is 4.79 Å². The summed E-state index contributed by atoms with van der Waals surface area (Å²) in [5.74, 6) is -0.121. The summed E-state index contributed by atoms with van der Waals surface area (Å²) >= 11 is 7.48. The molecule has 144 valence electrons. The van der Waals surface area contributed by atoms with Crippen LogP contribution >= 0.6 is 23.4 Å². The largest absolute Gasteiger partial charge is 0.348 e. The molecule has 0 saturated heterocycles. The van der Waals surface area contributed by atoms with Crippen LogP contribution in [-0.2, 0) is 6.54 Å². The number of aromatic nitrogens is 1. The predicted molar refractivity (Wildman–Crippen MR) is 120 cm³/mol. The van der Waals surface area contributed by atoms with Gasteiger partial charge in [0.15, 0.2) is 0 Å². The number of amides is 1. The molecule has 0 atom stereocenters. The zero-order valence-corrected chi connectivity index (χ0v) is 17.4. The van der Waals surface area contributed by atoms with Crippen molar-refractivity contribution in [1.29, 1.82) is 0 Å². The van der Waals surface area contributed by atoms with Crippen molar-refractivity contribution in [2.45, 2.75) is 23.4 Å². The molecular weight excluding hydrogens is 400 g/mol. The number of para-hydroxylation sites is 1. The smallest absolute Gasteiger partial charge is 0.252 e. The van der Waals surface area contributed by atoms with E-state index in [0.29, 0.717) is 17.1 Å². The Hall–Kier alpha value is -2.82. The second kappa shape index (κ2) is 8.68. The SMILES string of the molecule is Cc1ccc(Sc2cc(C(=O)NCc3ccc(Cl)cc3)c3ccccc3n2)cc1. The first-order chi connectivity index (χ1) is 14.1. The first-order valence-electron chi connectivity index (χ1n) is 9.25. The van der Waals surface area contributed by atoms with Crippen LogP contribution in [0.15, 0.2) is 88.8 Å². The van der Waals surface area contributed by atoms with Crippen molar-refractivity contribution in [2.75, 3.05) is 0 Å². The van der Waals surface area contributed by atoms with E-state index in [4.69, 9.17) is 16.6 Å². The van der Waals surface area contributed by atoms with Crippen LogP contribution in [0.25, 0.3) is 10.9 Å². The number of carbonyl (C=O) groups excluding carboxylic acids is 1. The van der Waals surface area contributed by atoms with Crippen molar-refractivity contribution in [2.24, 2.45) is 0 Å². The Morgan fingerprint density at radius 3 is 2.48 bits per heavy atom. The van der Waals surface area contributed by atoms with Crippen LogP contribution in [0.5, 0.6) is 0 Å². The third-order valence-electron chi connectivity index (χ3n) is 4.55. The van der Waals surface area contributed by atoms with Gasteiger partial charge in [-0.1, -0.05) is 71.4 Å². The minimum absolute atomic E-state index is 0.121. The van der Waals surface area contributed by atoms with E-state index in [-0.39, 0.29) is 5.91 Å². The molecule has 0 aliphatic rings. The minimum atomic E-state index is -0.121. The van der Waals surface area contributed by atoms with E-state index in [2.05, 4.69) is 36.5 Å². The van der Waals surface area contributed by atoms with Crippen molar-refractivity contribution in [3.8, 4) is 0 Å². The van der Waals surface area contributed by atoms with E-state index in [9.17, 15) is 4.79 Å². The van der Waals surface area contributed by atoms with Gasteiger partial charge in [0.1, 0.15) is 5.03 Å². The number of pyridine rings is 1. The van der Waals surface area contributed by atoms with Crippen LogP contribution in [0.3, 0.4) is 0 Å². The summed E-state index contributed by atoms with van der Waals surface area (Å²) < 4.78 is 0. The summed E-state index contributed by atoms with van der Waals surface area (Å²) in [7, 11) is 0. The molecule has 0 spiro atoms. The Kier molecular flexibility index (Phi) is 5.84. The van der Waals surface area contributed by atoms with Gasteiger partial charge in [-0.15, -0.1) is 0 Å². The van der Waals surface area contributed by atoms with Gasteiger partial charge in [0.2, 0.25) is 0 Å². The first kappa shape index (κ1) is 19.5. The molecule has 0 radical (unpaired) electrons. The molecule has 1 heterocycles. The Morgan fingerprint density at radius 2 is 1.72 bits per heavy atom. The Labute approximate surface area is 179 Å². The molecule has 0 saturated carbocycles. The van der Waals surface area contributed by atoms with Crippen LogP contribution in [0.4, 0.5) is 0 Å². The monoisotopic (exact) mass is 418 g/mol. The van der Waals surface area contributed by atoms with Gasteiger partial charge in [0.05, 0.1) is 11.1 Å². The summed E-state index contributed by atoms with van der Waals surface area (Å²) in [4.78, 5) is 18.8. The summed E-state index contributed by atoms with van der Waals surface area (Å²) in [6.07, 6.45) is 0. The number of nitrogens with one attached hydrogen (secondary N) is 1. The lowest BCUT2D eigenvalue weighted by Crippen LogP contribution is -2.23. The highest BCUT2D eigenvalue weighted by Crippen LogP contribution is 2.30. The third kappa shape index (κ3) is 4.78. The van der Waals surface area contributed by atoms with E-state index in [0.717, 1.165) is 26.4 Å². The van der Waals surface area contributed by atoms with E-state index in [1.54, 1.807) is 11.8 Å². The van der Waals surface area contributed by atoms with Gasteiger partial charge in [-0.05, 0) is 48.9 Å². The number of nitrogens with zero attached hydrogens (tertiary/aromatic N) is 1. The molecule has 1 aromatic heterocycles. The van der Waals surface area contributed by atoms with Crippen LogP contribution in [0, 0.1) is 6.92 Å². The lowest BCUT2D eigenvalue weighted by molar-refractivity contribution is 0.0952. The lowest BCUT2D eigenvalue weighted by Gasteiger charge is -2.11. The topological polar surface area (TPSA) is 42.0 Å². The zero-order valence-electron chi connectivity index (χ0n) is 15.9. The maximum absolute atomic E-state index is 13.0. The molecule has 0 unspecified atom stereocenters. The number of aryl methyl sites for hydroxylation is 1. The maximum atomic E-state index is 13.0. The van der Waals surface area contributed by atoms with E-state index in [1.807, 2.05) is 54.6 Å². The molecule has 0 aliphatic heterocycles. The number of hydrogen-bond acceptors (Lipinski definition) is 3. The van der Waals surface area contributed by atoms with Gasteiger partial charge in [-0.2, -0.15) is 0 Å². The molecule has 4 aromatic rings. The quantitative estimate of drug-likeness (QED) is 0.414. The molecular formula is C24H19ClN2OS. The third-order valence-corrected chi connectivity index (χ3v) is 5.73. The highest BCUT2D eigenvalue weighted by molar-refractivity contribution is 7.99. The summed E-state index contributed by atoms with van der Waals surface area (Å²) in [5.41, 5.74) is 3.64. The van der Waals surface area contributed by atoms with Crippen molar-refractivity contribution in [3.63, 3.8) is 0 Å². The standard InChI is InChI=1S/C24H19ClN2OS/c1-16-6-12-19(13-7-16)29-23-14-21(20-4-2-3-5-22(20)27-23)24(28)26-15-17-8-10-18(25)11-9-17/h2-14H,15H2,1H3,(H,26,28). The second-order valence-electron chi connectivity index (χ2n) is 6.75. The van der Waals surface area contributed by atoms with Crippen LogP contribution in [0.2, 0.25) is 5.02 Å². The second-order valence-corrected chi connectivity index (χ2v) is 8.28. The number of halogens is 1. The van der Waals surface area contributed by atoms with Gasteiger partial charge in [-0.3, -0.25) is 4.79 Å². The summed E-state index contributed by atoms with van der Waals surface area (Å²) in [5, 5.41) is 5.32. The molecule has 3 aromatic carbocycles. The first-order valence-corrected chi connectivity index (χ1v) is 10.4. The van der Waals surface area contributed by atoms with Crippen LogP contribution in [-0.4, -0.2) is 10.9 Å². The van der Waals surface area contributed by atoms with Crippen LogP contribution in [0.1, 0.15) is 21.5 Å². The highest BCUT2D eigenvalue weighted by Gasteiger charge is 2.13. The molecule has 4 rings (SSSR count). The summed E-state index contributed by atoms with van der Waals surface area (Å²) in [6, 6.07) is 25.3. The van der Waals surface area contributed by atoms with Gasteiger partial charge in [-0.25, -0.2) is 4.98 Å². The lowest BCUT2D eigenvalue weighted by atomic mass is 10.1. The van der Waals surface area contributed by atoms with Crippen molar-refractivity contribution >= 4 is 40.2 Å². The molecule has 1 amide bonds. The maximum Gasteiger partial charge on any atom is 0.252 e. The predicted octanol–water partition coefficient (Wildman–Crippen LogP) is 6.28. The summed E-state index contributed by atoms with van der Waals surface area (Å²) in [6.45, 7) is 2.50. The minimum Gasteiger partial charge on any atom is -0.348 e. The fourth-order valence-electron chi connectivity index (χ4n) is 3.00. The number of rotatable bonds is 5. The van der Waals surface area contributed by atoms with Gasteiger partial charge < -0.3 is 5.32 Å². The fraction of sp³-hybridized carbons (Fsp3) is 0.0833. The van der Waals surface area contributed by atoms with Crippen LogP contribution < -0.4 is 5.32 Å². The zero-order chi connectivity index (χ0) is 20.2. The van der Waals surface area contributed by atoms with Gasteiger partial charge in [0.25, 0.3) is 5.91 Å². The van der Waals surface area contributed by atoms with Crippen molar-refractivity contribution in [1.82, 2.24) is 10.3 Å². The molecule has 5 heteroatoms. The average Bonchev–Trinajstić information content (AvgIpc) is 2.74. The average molecular weight is 419 g/mol. The number of carbonyl (C=O) groups is 1. The molecule has 29 heavy (non-hydrogen) atoms. The van der Waals surface area contributed by atoms with Crippen molar-refractivity contribution in [3.05, 3.63) is 101 Å². The van der Waals surface area contributed by atoms with E-state index >= 15 is 0 Å². The fourth-order valence-corrected chi connectivity index (χ4v) is 3.96. The molecule has 0 bridgehead atoms. The Bertz CT molecular complexity index is 1160. The van der Waals surface area contributed by atoms with Gasteiger partial charge >= 0.3 is 0 Å². The molecule has 3 nitrogen and oxygen atoms in total. The Balaban J connectivity index is 1.61. The molecule has 0 aliphatic carbocycles. The number of benzene rings is 3. The molecule has 0 fully saturated rings. The normalized spacial score (nSPS) is 10.8.